The Bertz CT molecular complexity index is 664. The van der Waals surface area contributed by atoms with Gasteiger partial charge in [0.2, 0.25) is 11.8 Å². The van der Waals surface area contributed by atoms with Crippen LogP contribution in [0.25, 0.3) is 0 Å². The van der Waals surface area contributed by atoms with Crippen LogP contribution in [0.15, 0.2) is 0 Å². The molecule has 3 aliphatic rings. The number of piperidine rings is 1. The lowest BCUT2D eigenvalue weighted by molar-refractivity contribution is -0.155. The van der Waals surface area contributed by atoms with Gasteiger partial charge in [-0.3, -0.25) is 9.59 Å². The molecule has 7 nitrogen and oxygen atoms in total. The van der Waals surface area contributed by atoms with E-state index in [1.807, 2.05) is 20.8 Å². The van der Waals surface area contributed by atoms with Crippen molar-refractivity contribution in [3.05, 3.63) is 0 Å². The second-order valence-corrected chi connectivity index (χ2v) is 10.2. The minimum atomic E-state index is -0.732. The van der Waals surface area contributed by atoms with Gasteiger partial charge in [0.25, 0.3) is 0 Å². The standard InChI is InChI=1S/C21H34N2O5/c1-20(2,3)16(22-17(24)15(27-6)11-8-9-11)18(25)23-10-12-13(21(12,4)5)14(23)19(26)28-7/h11-16H,8-10H2,1-7H3,(H,22,24)/t12-,13-,14-,15?,16+/m0/s1. The van der Waals surface area contributed by atoms with Crippen LogP contribution in [0.2, 0.25) is 0 Å². The number of likely N-dealkylation sites (tertiary alicyclic amines) is 1. The summed E-state index contributed by atoms with van der Waals surface area (Å²) < 4.78 is 10.4. The average Bonchev–Trinajstić information content (AvgIpc) is 3.46. The predicted molar refractivity (Wildman–Crippen MR) is 103 cm³/mol. The van der Waals surface area contributed by atoms with Gasteiger partial charge in [-0.15, -0.1) is 0 Å². The molecule has 1 aliphatic heterocycles. The highest BCUT2D eigenvalue weighted by Crippen LogP contribution is 2.65. The van der Waals surface area contributed by atoms with Gasteiger partial charge < -0.3 is 19.7 Å². The van der Waals surface area contributed by atoms with Gasteiger partial charge in [0, 0.05) is 19.6 Å². The van der Waals surface area contributed by atoms with Gasteiger partial charge in [-0.05, 0) is 35.5 Å². The number of rotatable bonds is 6. The summed E-state index contributed by atoms with van der Waals surface area (Å²) in [5.74, 6) is -0.224. The molecule has 0 radical (unpaired) electrons. The lowest BCUT2D eigenvalue weighted by Gasteiger charge is -2.37. The SMILES string of the molecule is COC(=O)[C@@H]1[C@@H]2[C@H](CN1C(=O)[C@@H](NC(=O)C(OC)C1CC1)C(C)(C)C)C2(C)C. The molecule has 7 heteroatoms. The lowest BCUT2D eigenvalue weighted by Crippen LogP contribution is -2.59. The van der Waals surface area contributed by atoms with E-state index in [0.29, 0.717) is 6.54 Å². The maximum absolute atomic E-state index is 13.5. The molecule has 0 aromatic rings. The minimum Gasteiger partial charge on any atom is -0.467 e. The number of nitrogens with one attached hydrogen (secondary N) is 1. The highest BCUT2D eigenvalue weighted by molar-refractivity contribution is 5.93. The zero-order chi connectivity index (χ0) is 21.0. The molecule has 0 bridgehead atoms. The predicted octanol–water partition coefficient (Wildman–Crippen LogP) is 1.60. The quantitative estimate of drug-likeness (QED) is 0.692. The number of esters is 1. The van der Waals surface area contributed by atoms with E-state index in [-0.39, 0.29) is 41.0 Å². The Balaban J connectivity index is 1.80. The summed E-state index contributed by atoms with van der Waals surface area (Å²) in [4.78, 5) is 40.4. The maximum Gasteiger partial charge on any atom is 0.328 e. The third-order valence-electron chi connectivity index (χ3n) is 6.90. The average molecular weight is 395 g/mol. The zero-order valence-electron chi connectivity index (χ0n) is 18.1. The van der Waals surface area contributed by atoms with Crippen molar-refractivity contribution in [1.29, 1.82) is 0 Å². The van der Waals surface area contributed by atoms with Crippen molar-refractivity contribution in [3.8, 4) is 0 Å². The highest BCUT2D eigenvalue weighted by Gasteiger charge is 2.70. The van der Waals surface area contributed by atoms with Crippen molar-refractivity contribution < 1.29 is 23.9 Å². The van der Waals surface area contributed by atoms with Crippen molar-refractivity contribution in [2.45, 2.75) is 65.6 Å². The first kappa shape index (κ1) is 21.1. The topological polar surface area (TPSA) is 84.9 Å². The Labute approximate surface area is 167 Å². The van der Waals surface area contributed by atoms with E-state index in [9.17, 15) is 14.4 Å². The summed E-state index contributed by atoms with van der Waals surface area (Å²) in [5.41, 5.74) is -0.471. The first-order chi connectivity index (χ1) is 12.9. The highest BCUT2D eigenvalue weighted by atomic mass is 16.5. The van der Waals surface area contributed by atoms with E-state index >= 15 is 0 Å². The third-order valence-corrected chi connectivity index (χ3v) is 6.90. The molecule has 2 aliphatic carbocycles. The molecule has 2 saturated carbocycles. The fraction of sp³-hybridized carbons (Fsp3) is 0.857. The fourth-order valence-electron chi connectivity index (χ4n) is 4.85. The molecule has 2 amide bonds. The summed E-state index contributed by atoms with van der Waals surface area (Å²) in [5, 5.41) is 2.93. The number of amides is 2. The van der Waals surface area contributed by atoms with Gasteiger partial charge >= 0.3 is 5.97 Å². The minimum absolute atomic E-state index is 0.0310. The largest absolute Gasteiger partial charge is 0.467 e. The monoisotopic (exact) mass is 394 g/mol. The molecule has 1 N–H and O–H groups in total. The van der Waals surface area contributed by atoms with Crippen LogP contribution in [-0.2, 0) is 23.9 Å². The molecule has 0 aromatic heterocycles. The molecule has 28 heavy (non-hydrogen) atoms. The van der Waals surface area contributed by atoms with Crippen LogP contribution >= 0.6 is 0 Å². The smallest absolute Gasteiger partial charge is 0.328 e. The van der Waals surface area contributed by atoms with Crippen LogP contribution in [0, 0.1) is 28.6 Å². The van der Waals surface area contributed by atoms with Gasteiger partial charge in [0.1, 0.15) is 18.2 Å². The number of ether oxygens (including phenoxy) is 2. The van der Waals surface area contributed by atoms with Crippen LogP contribution < -0.4 is 5.32 Å². The normalized spacial score (nSPS) is 30.2. The molecular formula is C21H34N2O5. The molecule has 158 valence electrons. The molecule has 0 aromatic carbocycles. The second kappa shape index (κ2) is 7.01. The molecule has 3 rings (SSSR count). The van der Waals surface area contributed by atoms with Crippen molar-refractivity contribution in [2.75, 3.05) is 20.8 Å². The molecule has 3 fully saturated rings. The van der Waals surface area contributed by atoms with E-state index in [4.69, 9.17) is 9.47 Å². The third kappa shape index (κ3) is 3.53. The van der Waals surface area contributed by atoms with Gasteiger partial charge in [-0.2, -0.15) is 0 Å². The fourth-order valence-corrected chi connectivity index (χ4v) is 4.85. The molecule has 1 saturated heterocycles. The number of hydrogen-bond donors (Lipinski definition) is 1. The number of hydrogen-bond acceptors (Lipinski definition) is 5. The first-order valence-corrected chi connectivity index (χ1v) is 10.2. The first-order valence-electron chi connectivity index (χ1n) is 10.2. The molecule has 1 unspecified atom stereocenters. The van der Waals surface area contributed by atoms with E-state index in [1.54, 1.807) is 4.90 Å². The van der Waals surface area contributed by atoms with Crippen molar-refractivity contribution >= 4 is 17.8 Å². The van der Waals surface area contributed by atoms with Crippen LogP contribution in [0.5, 0.6) is 0 Å². The number of nitrogens with zero attached hydrogens (tertiary/aromatic N) is 1. The summed E-state index contributed by atoms with van der Waals surface area (Å²) in [6, 6.07) is -1.31. The summed E-state index contributed by atoms with van der Waals surface area (Å²) in [7, 11) is 2.88. The van der Waals surface area contributed by atoms with E-state index in [0.717, 1.165) is 12.8 Å². The van der Waals surface area contributed by atoms with E-state index in [2.05, 4.69) is 19.2 Å². The van der Waals surface area contributed by atoms with Crippen LogP contribution in [0.3, 0.4) is 0 Å². The van der Waals surface area contributed by atoms with Crippen molar-refractivity contribution in [2.24, 2.45) is 28.6 Å². The van der Waals surface area contributed by atoms with Gasteiger partial charge in [0.05, 0.1) is 7.11 Å². The number of carbonyl (C=O) groups excluding carboxylic acids is 3. The Hall–Kier alpha value is -1.63. The number of carbonyl (C=O) groups is 3. The molecule has 5 atom stereocenters. The Morgan fingerprint density at radius 3 is 2.21 bits per heavy atom. The van der Waals surface area contributed by atoms with Crippen LogP contribution in [-0.4, -0.2) is 61.6 Å². The van der Waals surface area contributed by atoms with Gasteiger partial charge in [-0.25, -0.2) is 4.79 Å². The van der Waals surface area contributed by atoms with Gasteiger partial charge in [-0.1, -0.05) is 34.6 Å². The van der Waals surface area contributed by atoms with Crippen LogP contribution in [0.1, 0.15) is 47.5 Å². The Morgan fingerprint density at radius 1 is 1.14 bits per heavy atom. The van der Waals surface area contributed by atoms with Crippen molar-refractivity contribution in [1.82, 2.24) is 10.2 Å². The summed E-state index contributed by atoms with van der Waals surface area (Å²) in [6.45, 7) is 10.5. The van der Waals surface area contributed by atoms with E-state index in [1.165, 1.54) is 14.2 Å². The van der Waals surface area contributed by atoms with Gasteiger partial charge in [0.15, 0.2) is 0 Å². The summed E-state index contributed by atoms with van der Waals surface area (Å²) >= 11 is 0. The molecular weight excluding hydrogens is 360 g/mol. The second-order valence-electron chi connectivity index (χ2n) is 10.2. The molecule has 0 spiro atoms. The Kier molecular flexibility index (Phi) is 5.28. The lowest BCUT2D eigenvalue weighted by atomic mass is 9.85. The number of methoxy groups -OCH3 is 2. The molecule has 1 heterocycles. The maximum atomic E-state index is 13.5. The zero-order valence-corrected chi connectivity index (χ0v) is 18.1. The number of fused-ring (bicyclic) bond motifs is 1. The van der Waals surface area contributed by atoms with Crippen LogP contribution in [0.4, 0.5) is 0 Å². The van der Waals surface area contributed by atoms with E-state index < -0.39 is 23.6 Å². The Morgan fingerprint density at radius 2 is 1.75 bits per heavy atom. The van der Waals surface area contributed by atoms with Crippen molar-refractivity contribution in [3.63, 3.8) is 0 Å². The summed E-state index contributed by atoms with van der Waals surface area (Å²) in [6.07, 6.45) is 1.41.